The first-order valence-corrected chi connectivity index (χ1v) is 6.34. The van der Waals surface area contributed by atoms with Crippen molar-refractivity contribution in [3.8, 4) is 11.8 Å². The van der Waals surface area contributed by atoms with E-state index in [2.05, 4.69) is 44.8 Å². The lowest BCUT2D eigenvalue weighted by atomic mass is 10.2. The summed E-state index contributed by atoms with van der Waals surface area (Å²) >= 11 is 3.47. The van der Waals surface area contributed by atoms with Gasteiger partial charge in [-0.15, -0.1) is 0 Å². The van der Waals surface area contributed by atoms with E-state index in [4.69, 9.17) is 5.26 Å². The molecule has 0 aliphatic heterocycles. The molecule has 1 heterocycles. The highest BCUT2D eigenvalue weighted by molar-refractivity contribution is 9.10. The summed E-state index contributed by atoms with van der Waals surface area (Å²) < 4.78 is 3.15. The second kappa shape index (κ2) is 4.32. The quantitative estimate of drug-likeness (QED) is 0.659. The summed E-state index contributed by atoms with van der Waals surface area (Å²) in [6.07, 6.45) is 2.02. The molecule has 86 valence electrons. The van der Waals surface area contributed by atoms with Crippen molar-refractivity contribution < 1.29 is 0 Å². The second-order valence-corrected chi connectivity index (χ2v) is 4.97. The summed E-state index contributed by atoms with van der Waals surface area (Å²) in [5.41, 5.74) is 2.81. The maximum Gasteiger partial charge on any atom is 0.0992 e. The fraction of sp³-hybridized carbons (Fsp3) is 0. The number of benzene rings is 2. The molecular weight excluding hydrogens is 288 g/mol. The van der Waals surface area contributed by atoms with Gasteiger partial charge in [0.1, 0.15) is 0 Å². The Balaban J connectivity index is 2.23. The smallest absolute Gasteiger partial charge is 0.0992 e. The standard InChI is InChI=1S/C15H9BrN2/c16-13-4-5-15-12(9-13)6-7-18(15)14-3-1-2-11(8-14)10-17/h1-9H. The average molecular weight is 297 g/mol. The molecule has 0 saturated carbocycles. The summed E-state index contributed by atoms with van der Waals surface area (Å²) in [5.74, 6) is 0. The Labute approximate surface area is 113 Å². The zero-order valence-electron chi connectivity index (χ0n) is 9.47. The van der Waals surface area contributed by atoms with Gasteiger partial charge in [0.2, 0.25) is 0 Å². The zero-order valence-corrected chi connectivity index (χ0v) is 11.1. The molecule has 0 fully saturated rings. The summed E-state index contributed by atoms with van der Waals surface area (Å²) in [5, 5.41) is 10.1. The maximum absolute atomic E-state index is 8.94. The molecule has 0 aliphatic rings. The Bertz CT molecular complexity index is 766. The van der Waals surface area contributed by atoms with Crippen LogP contribution in [0.2, 0.25) is 0 Å². The zero-order chi connectivity index (χ0) is 12.5. The minimum Gasteiger partial charge on any atom is -0.317 e. The molecule has 18 heavy (non-hydrogen) atoms. The minimum atomic E-state index is 0.673. The molecule has 3 heteroatoms. The molecule has 0 N–H and O–H groups in total. The van der Waals surface area contributed by atoms with Crippen LogP contribution in [0.5, 0.6) is 0 Å². The van der Waals surface area contributed by atoms with Crippen LogP contribution >= 0.6 is 15.9 Å². The van der Waals surface area contributed by atoms with Gasteiger partial charge in [-0.2, -0.15) is 5.26 Å². The van der Waals surface area contributed by atoms with Crippen molar-refractivity contribution in [3.05, 3.63) is 64.8 Å². The van der Waals surface area contributed by atoms with Crippen molar-refractivity contribution in [1.29, 1.82) is 5.26 Å². The average Bonchev–Trinajstić information content (AvgIpc) is 2.81. The van der Waals surface area contributed by atoms with Gasteiger partial charge in [0.15, 0.2) is 0 Å². The third-order valence-electron chi connectivity index (χ3n) is 2.91. The summed E-state index contributed by atoms with van der Waals surface area (Å²) in [6.45, 7) is 0. The Kier molecular flexibility index (Phi) is 2.66. The van der Waals surface area contributed by atoms with Gasteiger partial charge in [0.25, 0.3) is 0 Å². The minimum absolute atomic E-state index is 0.673. The molecule has 0 amide bonds. The fourth-order valence-corrected chi connectivity index (χ4v) is 2.44. The van der Waals surface area contributed by atoms with Gasteiger partial charge < -0.3 is 4.57 Å². The van der Waals surface area contributed by atoms with Gasteiger partial charge in [-0.05, 0) is 42.5 Å². The van der Waals surface area contributed by atoms with Crippen molar-refractivity contribution in [2.45, 2.75) is 0 Å². The number of halogens is 1. The lowest BCUT2D eigenvalue weighted by molar-refractivity contribution is 1.13. The second-order valence-electron chi connectivity index (χ2n) is 4.05. The Morgan fingerprint density at radius 1 is 1.06 bits per heavy atom. The van der Waals surface area contributed by atoms with Gasteiger partial charge in [-0.3, -0.25) is 0 Å². The highest BCUT2D eigenvalue weighted by Crippen LogP contribution is 2.24. The van der Waals surface area contributed by atoms with Crippen LogP contribution in [0.4, 0.5) is 0 Å². The number of nitrogens with zero attached hydrogens (tertiary/aromatic N) is 2. The summed E-state index contributed by atoms with van der Waals surface area (Å²) in [6, 6.07) is 18.0. The number of fused-ring (bicyclic) bond motifs is 1. The van der Waals surface area contributed by atoms with E-state index in [-0.39, 0.29) is 0 Å². The normalized spacial score (nSPS) is 10.4. The van der Waals surface area contributed by atoms with Crippen molar-refractivity contribution >= 4 is 26.8 Å². The molecule has 2 nitrogen and oxygen atoms in total. The molecular formula is C15H9BrN2. The van der Waals surface area contributed by atoms with Crippen LogP contribution < -0.4 is 0 Å². The van der Waals surface area contributed by atoms with Crippen molar-refractivity contribution in [2.24, 2.45) is 0 Å². The first-order chi connectivity index (χ1) is 8.78. The van der Waals surface area contributed by atoms with Gasteiger partial charge in [-0.1, -0.05) is 22.0 Å². The van der Waals surface area contributed by atoms with Crippen LogP contribution in [0.15, 0.2) is 59.2 Å². The molecule has 3 rings (SSSR count). The number of hydrogen-bond acceptors (Lipinski definition) is 1. The van der Waals surface area contributed by atoms with E-state index in [0.29, 0.717) is 5.56 Å². The lowest BCUT2D eigenvalue weighted by Crippen LogP contribution is -1.92. The number of hydrogen-bond donors (Lipinski definition) is 0. The molecule has 3 aromatic rings. The van der Waals surface area contributed by atoms with E-state index in [1.165, 1.54) is 5.39 Å². The van der Waals surface area contributed by atoms with Gasteiger partial charge in [-0.25, -0.2) is 0 Å². The molecule has 0 aliphatic carbocycles. The third kappa shape index (κ3) is 1.81. The van der Waals surface area contributed by atoms with E-state index in [0.717, 1.165) is 15.7 Å². The highest BCUT2D eigenvalue weighted by Gasteiger charge is 2.04. The van der Waals surface area contributed by atoms with Gasteiger partial charge in [0, 0.05) is 21.7 Å². The van der Waals surface area contributed by atoms with Crippen LogP contribution in [0.1, 0.15) is 5.56 Å². The lowest BCUT2D eigenvalue weighted by Gasteiger charge is -2.05. The molecule has 0 saturated heterocycles. The van der Waals surface area contributed by atoms with E-state index in [1.807, 2.05) is 36.5 Å². The van der Waals surface area contributed by atoms with Gasteiger partial charge >= 0.3 is 0 Å². The van der Waals surface area contributed by atoms with Gasteiger partial charge in [0.05, 0.1) is 17.1 Å². The third-order valence-corrected chi connectivity index (χ3v) is 3.40. The van der Waals surface area contributed by atoms with Crippen molar-refractivity contribution in [3.63, 3.8) is 0 Å². The number of aromatic nitrogens is 1. The molecule has 1 aromatic heterocycles. The van der Waals surface area contributed by atoms with Crippen LogP contribution in [-0.2, 0) is 0 Å². The van der Waals surface area contributed by atoms with E-state index in [1.54, 1.807) is 0 Å². The predicted molar refractivity (Wildman–Crippen MR) is 75.7 cm³/mol. The molecule has 0 bridgehead atoms. The van der Waals surface area contributed by atoms with E-state index in [9.17, 15) is 0 Å². The molecule has 0 unspecified atom stereocenters. The Hall–Kier alpha value is -2.05. The van der Waals surface area contributed by atoms with Crippen LogP contribution in [0.25, 0.3) is 16.6 Å². The fourth-order valence-electron chi connectivity index (χ4n) is 2.06. The molecule has 0 spiro atoms. The van der Waals surface area contributed by atoms with E-state index < -0.39 is 0 Å². The van der Waals surface area contributed by atoms with Crippen LogP contribution in [0.3, 0.4) is 0 Å². The van der Waals surface area contributed by atoms with E-state index >= 15 is 0 Å². The summed E-state index contributed by atoms with van der Waals surface area (Å²) in [7, 11) is 0. The number of rotatable bonds is 1. The first kappa shape index (κ1) is 11.1. The van der Waals surface area contributed by atoms with Crippen molar-refractivity contribution in [1.82, 2.24) is 4.57 Å². The Morgan fingerprint density at radius 3 is 2.78 bits per heavy atom. The largest absolute Gasteiger partial charge is 0.317 e. The number of nitriles is 1. The topological polar surface area (TPSA) is 28.7 Å². The first-order valence-electron chi connectivity index (χ1n) is 5.55. The predicted octanol–water partition coefficient (Wildman–Crippen LogP) is 4.26. The molecule has 2 aromatic carbocycles. The monoisotopic (exact) mass is 296 g/mol. The summed E-state index contributed by atoms with van der Waals surface area (Å²) in [4.78, 5) is 0. The highest BCUT2D eigenvalue weighted by atomic mass is 79.9. The van der Waals surface area contributed by atoms with Crippen LogP contribution in [0, 0.1) is 11.3 Å². The molecule has 0 radical (unpaired) electrons. The SMILES string of the molecule is N#Cc1cccc(-n2ccc3cc(Br)ccc32)c1. The molecule has 0 atom stereocenters. The van der Waals surface area contributed by atoms with Crippen molar-refractivity contribution in [2.75, 3.05) is 0 Å². The van der Waals surface area contributed by atoms with Crippen LogP contribution in [-0.4, -0.2) is 4.57 Å². The maximum atomic E-state index is 8.94. The Morgan fingerprint density at radius 2 is 1.94 bits per heavy atom.